The van der Waals surface area contributed by atoms with E-state index in [0.29, 0.717) is 24.0 Å². The van der Waals surface area contributed by atoms with Gasteiger partial charge in [0, 0.05) is 36.0 Å². The van der Waals surface area contributed by atoms with Gasteiger partial charge >= 0.3 is 5.97 Å². The van der Waals surface area contributed by atoms with Crippen molar-refractivity contribution in [2.45, 2.75) is 154 Å². The summed E-state index contributed by atoms with van der Waals surface area (Å²) in [4.78, 5) is 26.2. The van der Waals surface area contributed by atoms with Crippen LogP contribution in [0, 0.1) is 29.1 Å². The number of ether oxygens (including phenoxy) is 1. The summed E-state index contributed by atoms with van der Waals surface area (Å²) in [5.74, 6) is -2.25. The van der Waals surface area contributed by atoms with Crippen LogP contribution in [0.1, 0.15) is 137 Å². The largest absolute Gasteiger partial charge is 0.458 e. The van der Waals surface area contributed by atoms with E-state index in [1.54, 1.807) is 13.0 Å². The van der Waals surface area contributed by atoms with Crippen LogP contribution in [0.4, 0.5) is 0 Å². The van der Waals surface area contributed by atoms with Gasteiger partial charge in [-0.3, -0.25) is 9.59 Å². The second kappa shape index (κ2) is 13.2. The highest BCUT2D eigenvalue weighted by molar-refractivity contribution is 6.04. The van der Waals surface area contributed by atoms with Gasteiger partial charge in [0.05, 0.1) is 12.2 Å². The van der Waals surface area contributed by atoms with Gasteiger partial charge < -0.3 is 20.1 Å². The first-order valence-electron chi connectivity index (χ1n) is 17.1. The van der Waals surface area contributed by atoms with Gasteiger partial charge in [0.1, 0.15) is 11.2 Å². The maximum atomic E-state index is 13.2. The Bertz CT molecular complexity index is 1040. The zero-order chi connectivity index (χ0) is 30.8. The number of carbonyl (C=O) groups is 2. The molecule has 42 heavy (non-hydrogen) atoms. The van der Waals surface area contributed by atoms with Crippen LogP contribution in [0.5, 0.6) is 0 Å². The van der Waals surface area contributed by atoms with Gasteiger partial charge in [0.25, 0.3) is 0 Å². The molecule has 4 rings (SSSR count). The average molecular weight is 587 g/mol. The van der Waals surface area contributed by atoms with Gasteiger partial charge in [-0.15, -0.1) is 0 Å². The molecule has 0 aromatic rings. The topological polar surface area (TPSA) is 104 Å². The summed E-state index contributed by atoms with van der Waals surface area (Å²) in [5.41, 5.74) is -3.20. The average Bonchev–Trinajstić information content (AvgIpc) is 3.34. The Balaban J connectivity index is 1.30. The highest BCUT2D eigenvalue weighted by Gasteiger charge is 2.83. The van der Waals surface area contributed by atoms with E-state index in [0.717, 1.165) is 19.3 Å². The normalized spacial score (nSPS) is 36.3. The van der Waals surface area contributed by atoms with Crippen LogP contribution >= 0.6 is 0 Å². The lowest BCUT2D eigenvalue weighted by Gasteiger charge is -2.50. The van der Waals surface area contributed by atoms with Gasteiger partial charge in [-0.1, -0.05) is 117 Å². The molecule has 2 fully saturated rings. The smallest absolute Gasteiger partial charge is 0.306 e. The monoisotopic (exact) mass is 586 g/mol. The molecule has 2 saturated carbocycles. The summed E-state index contributed by atoms with van der Waals surface area (Å²) in [6.45, 7) is 9.80. The molecule has 0 unspecified atom stereocenters. The fourth-order valence-corrected chi connectivity index (χ4v) is 9.14. The van der Waals surface area contributed by atoms with Crippen LogP contribution in [0.15, 0.2) is 23.3 Å². The molecular formula is C36H58O6. The van der Waals surface area contributed by atoms with Crippen LogP contribution in [-0.2, 0) is 14.3 Å². The lowest BCUT2D eigenvalue weighted by molar-refractivity contribution is -0.187. The number of unbranched alkanes of at least 4 members (excludes halogenated alkanes) is 12. The van der Waals surface area contributed by atoms with Crippen LogP contribution in [-0.4, -0.2) is 50.5 Å². The fourth-order valence-electron chi connectivity index (χ4n) is 9.14. The van der Waals surface area contributed by atoms with E-state index in [4.69, 9.17) is 4.74 Å². The highest BCUT2D eigenvalue weighted by Crippen LogP contribution is 2.76. The summed E-state index contributed by atoms with van der Waals surface area (Å²) >= 11 is 0. The molecule has 0 aromatic carbocycles. The molecule has 0 amide bonds. The third-order valence-electron chi connectivity index (χ3n) is 11.7. The maximum Gasteiger partial charge on any atom is 0.306 e. The number of esters is 1. The molecule has 0 heterocycles. The van der Waals surface area contributed by atoms with Crippen molar-refractivity contribution in [3.63, 3.8) is 0 Å². The minimum absolute atomic E-state index is 0.00531. The zero-order valence-corrected chi connectivity index (χ0v) is 27.1. The molecule has 4 aliphatic carbocycles. The van der Waals surface area contributed by atoms with Crippen molar-refractivity contribution in [3.8, 4) is 0 Å². The minimum Gasteiger partial charge on any atom is -0.458 e. The predicted octanol–water partition coefficient (Wildman–Crippen LogP) is 6.99. The number of fused-ring (bicyclic) bond motifs is 5. The first kappa shape index (κ1) is 33.4. The number of hydrogen-bond acceptors (Lipinski definition) is 6. The summed E-state index contributed by atoms with van der Waals surface area (Å²) < 4.78 is 6.34. The molecule has 0 aromatic heterocycles. The molecule has 7 atom stereocenters. The fraction of sp³-hybridized carbons (Fsp3) is 0.833. The van der Waals surface area contributed by atoms with E-state index in [-0.39, 0.29) is 42.0 Å². The maximum absolute atomic E-state index is 13.2. The predicted molar refractivity (Wildman–Crippen MR) is 166 cm³/mol. The molecule has 238 valence electrons. The highest BCUT2D eigenvalue weighted by atomic mass is 16.6. The Morgan fingerprint density at radius 2 is 1.48 bits per heavy atom. The molecule has 0 saturated heterocycles. The van der Waals surface area contributed by atoms with E-state index in [2.05, 4.69) is 20.8 Å². The number of aliphatic hydroxyl groups is 3. The van der Waals surface area contributed by atoms with Crippen LogP contribution < -0.4 is 0 Å². The van der Waals surface area contributed by atoms with Crippen LogP contribution in [0.25, 0.3) is 0 Å². The lowest BCUT2D eigenvalue weighted by atomic mass is 9.60. The number of rotatable bonds is 16. The van der Waals surface area contributed by atoms with E-state index in [9.17, 15) is 24.9 Å². The number of carbonyl (C=O) groups excluding carboxylic acids is 2. The number of ketones is 1. The Labute approximate surface area is 254 Å². The number of Topliss-reactive ketones (excluding diaryl/α,β-unsaturated/α-hetero) is 1. The van der Waals surface area contributed by atoms with Crippen molar-refractivity contribution in [1.29, 1.82) is 0 Å². The zero-order valence-electron chi connectivity index (χ0n) is 27.1. The first-order valence-corrected chi connectivity index (χ1v) is 17.1. The quantitative estimate of drug-likeness (QED) is 0.102. The van der Waals surface area contributed by atoms with Crippen molar-refractivity contribution < 1.29 is 29.6 Å². The Morgan fingerprint density at radius 3 is 2.02 bits per heavy atom. The van der Waals surface area contributed by atoms with Gasteiger partial charge in [0.15, 0.2) is 5.78 Å². The van der Waals surface area contributed by atoms with E-state index in [1.807, 2.05) is 13.0 Å². The molecule has 6 nitrogen and oxygen atoms in total. The molecular weight excluding hydrogens is 528 g/mol. The molecule has 6 heteroatoms. The van der Waals surface area contributed by atoms with Gasteiger partial charge in [-0.25, -0.2) is 0 Å². The molecule has 0 spiro atoms. The first-order chi connectivity index (χ1) is 19.9. The summed E-state index contributed by atoms with van der Waals surface area (Å²) in [6, 6.07) is 0. The summed E-state index contributed by atoms with van der Waals surface area (Å²) in [7, 11) is 0. The third kappa shape index (κ3) is 5.94. The number of hydrogen-bond donors (Lipinski definition) is 3. The molecule has 0 bridgehead atoms. The Hall–Kier alpha value is -1.50. The summed E-state index contributed by atoms with van der Waals surface area (Å²) in [5, 5.41) is 34.2. The van der Waals surface area contributed by atoms with Crippen molar-refractivity contribution in [1.82, 2.24) is 0 Å². The van der Waals surface area contributed by atoms with Crippen molar-refractivity contribution in [2.24, 2.45) is 29.1 Å². The molecule has 3 N–H and O–H groups in total. The van der Waals surface area contributed by atoms with E-state index >= 15 is 0 Å². The third-order valence-corrected chi connectivity index (χ3v) is 11.7. The van der Waals surface area contributed by atoms with Crippen LogP contribution in [0.3, 0.4) is 0 Å². The van der Waals surface area contributed by atoms with Gasteiger partial charge in [-0.2, -0.15) is 0 Å². The van der Waals surface area contributed by atoms with Crippen LogP contribution in [0.2, 0.25) is 0 Å². The molecule has 0 aliphatic heterocycles. The second-order valence-electron chi connectivity index (χ2n) is 14.8. The number of aliphatic hydroxyl groups excluding tert-OH is 1. The van der Waals surface area contributed by atoms with E-state index < -0.39 is 28.6 Å². The molecule has 4 aliphatic rings. The lowest BCUT2D eigenvalue weighted by Crippen LogP contribution is -2.61. The van der Waals surface area contributed by atoms with Gasteiger partial charge in [0.2, 0.25) is 0 Å². The Kier molecular flexibility index (Phi) is 10.5. The molecule has 0 radical (unpaired) electrons. The Morgan fingerprint density at radius 1 is 0.929 bits per heavy atom. The second-order valence-corrected chi connectivity index (χ2v) is 14.8. The summed E-state index contributed by atoms with van der Waals surface area (Å²) in [6.07, 6.45) is 20.9. The standard InChI is InChI=1S/C36H58O6/c1-6-7-8-9-10-11-12-13-14-15-16-17-18-19-30(38)42-35-22-26(3)36(41)28(31(35)33(35,4)5)21-27(24-37)23-34(40)29(36)20-25(2)32(34)39/h20-21,26,28-29,31,37,40-41H,6-19,22-24H2,1-5H3/t26-,28+,29-,31+,34-,35+,36-/m1/s1. The van der Waals surface area contributed by atoms with Gasteiger partial charge in [-0.05, 0) is 36.8 Å². The van der Waals surface area contributed by atoms with Crippen molar-refractivity contribution >= 4 is 11.8 Å². The SMILES string of the molecule is CCCCCCCCCCCCCCCC(=O)O[C@@]12C[C@@H](C)[C@@]3(O)[C@@H](C=C(CO)C[C@]4(O)C(=O)C(C)=C[C@@H]34)[C@H]1C2(C)C. The van der Waals surface area contributed by atoms with E-state index in [1.165, 1.54) is 64.2 Å². The minimum atomic E-state index is -1.76. The van der Waals surface area contributed by atoms with Crippen molar-refractivity contribution in [3.05, 3.63) is 23.3 Å². The van der Waals surface area contributed by atoms with Crippen molar-refractivity contribution in [2.75, 3.05) is 6.61 Å².